The molecule has 0 bridgehead atoms. The fraction of sp³-hybridized carbons (Fsp3) is 0.0625. The number of benzene rings is 2. The van der Waals surface area contributed by atoms with Gasteiger partial charge in [-0.05, 0) is 24.5 Å². The Balaban J connectivity index is 2.32. The van der Waals surface area contributed by atoms with E-state index in [0.717, 1.165) is 16.7 Å². The number of rotatable bonds is 1. The van der Waals surface area contributed by atoms with Gasteiger partial charge in [0.1, 0.15) is 0 Å². The van der Waals surface area contributed by atoms with E-state index in [1.54, 1.807) is 0 Å². The zero-order valence-electron chi connectivity index (χ0n) is 10.1. The van der Waals surface area contributed by atoms with Gasteiger partial charge in [0.05, 0.1) is 0 Å². The van der Waals surface area contributed by atoms with Gasteiger partial charge in [-0.1, -0.05) is 59.6 Å². The van der Waals surface area contributed by atoms with Crippen molar-refractivity contribution in [1.82, 2.24) is 0 Å². The molecular weight excluding hydrogens is 222 g/mol. The van der Waals surface area contributed by atoms with Crippen LogP contribution >= 0.6 is 0 Å². The third kappa shape index (κ3) is 2.78. The number of oxime groups is 1. The van der Waals surface area contributed by atoms with Gasteiger partial charge in [0.2, 0.25) is 0 Å². The van der Waals surface area contributed by atoms with E-state index < -0.39 is 0 Å². The van der Waals surface area contributed by atoms with Gasteiger partial charge in [0.15, 0.2) is 5.71 Å². The molecule has 0 unspecified atom stereocenters. The minimum atomic E-state index is 0.374. The quantitative estimate of drug-likeness (QED) is 0.350. The van der Waals surface area contributed by atoms with Crippen LogP contribution in [0, 0.1) is 18.8 Å². The molecule has 0 saturated heterocycles. The molecule has 2 aromatic rings. The van der Waals surface area contributed by atoms with E-state index >= 15 is 0 Å². The summed E-state index contributed by atoms with van der Waals surface area (Å²) in [6.45, 7) is 2.00. The average Bonchev–Trinajstić information content (AvgIpc) is 2.42. The SMILES string of the molecule is Cc1ccccc1C#C/C(=N/O)c1ccccc1. The van der Waals surface area contributed by atoms with Gasteiger partial charge in [-0.3, -0.25) is 0 Å². The molecule has 2 aromatic carbocycles. The highest BCUT2D eigenvalue weighted by Crippen LogP contribution is 2.05. The summed E-state index contributed by atoms with van der Waals surface area (Å²) in [7, 11) is 0. The van der Waals surface area contributed by atoms with Crippen LogP contribution in [0.15, 0.2) is 59.8 Å². The van der Waals surface area contributed by atoms with E-state index in [2.05, 4.69) is 17.0 Å². The van der Waals surface area contributed by atoms with Crippen LogP contribution in [-0.4, -0.2) is 10.9 Å². The predicted octanol–water partition coefficient (Wildman–Crippen LogP) is 3.23. The lowest BCUT2D eigenvalue weighted by molar-refractivity contribution is 0.320. The molecule has 88 valence electrons. The van der Waals surface area contributed by atoms with E-state index in [9.17, 15) is 0 Å². The maximum Gasteiger partial charge on any atom is 0.159 e. The van der Waals surface area contributed by atoms with E-state index in [4.69, 9.17) is 5.21 Å². The molecule has 0 aliphatic rings. The lowest BCUT2D eigenvalue weighted by Gasteiger charge is -1.97. The molecule has 0 aromatic heterocycles. The van der Waals surface area contributed by atoms with E-state index in [0.29, 0.717) is 5.71 Å². The summed E-state index contributed by atoms with van der Waals surface area (Å²) in [6.07, 6.45) is 0. The Morgan fingerprint density at radius 2 is 1.67 bits per heavy atom. The highest BCUT2D eigenvalue weighted by molar-refractivity contribution is 6.12. The molecule has 1 N–H and O–H groups in total. The maximum absolute atomic E-state index is 9.01. The van der Waals surface area contributed by atoms with Crippen LogP contribution in [-0.2, 0) is 0 Å². The second-order valence-electron chi connectivity index (χ2n) is 3.88. The van der Waals surface area contributed by atoms with Crippen molar-refractivity contribution < 1.29 is 5.21 Å². The second kappa shape index (κ2) is 5.70. The summed E-state index contributed by atoms with van der Waals surface area (Å²) in [5.74, 6) is 5.91. The molecule has 2 rings (SSSR count). The van der Waals surface area contributed by atoms with Gasteiger partial charge in [0.25, 0.3) is 0 Å². The van der Waals surface area contributed by atoms with Crippen molar-refractivity contribution in [2.45, 2.75) is 6.92 Å². The molecule has 0 aliphatic heterocycles. The van der Waals surface area contributed by atoms with Gasteiger partial charge >= 0.3 is 0 Å². The zero-order valence-corrected chi connectivity index (χ0v) is 10.1. The summed E-state index contributed by atoms with van der Waals surface area (Å²) in [5.41, 5.74) is 3.23. The molecule has 2 nitrogen and oxygen atoms in total. The number of aryl methyl sites for hydroxylation is 1. The first-order valence-corrected chi connectivity index (χ1v) is 5.66. The topological polar surface area (TPSA) is 32.6 Å². The second-order valence-corrected chi connectivity index (χ2v) is 3.88. The van der Waals surface area contributed by atoms with Crippen LogP contribution in [0.3, 0.4) is 0 Å². The summed E-state index contributed by atoms with van der Waals surface area (Å²) in [5, 5.41) is 12.3. The van der Waals surface area contributed by atoms with Crippen LogP contribution < -0.4 is 0 Å². The largest absolute Gasteiger partial charge is 0.410 e. The van der Waals surface area contributed by atoms with Gasteiger partial charge in [0, 0.05) is 11.1 Å². The average molecular weight is 235 g/mol. The van der Waals surface area contributed by atoms with E-state index in [1.165, 1.54) is 0 Å². The van der Waals surface area contributed by atoms with Crippen molar-refractivity contribution in [3.05, 3.63) is 71.3 Å². The molecule has 0 radical (unpaired) electrons. The molecule has 0 fully saturated rings. The van der Waals surface area contributed by atoms with Crippen molar-refractivity contribution in [2.75, 3.05) is 0 Å². The number of hydrogen-bond donors (Lipinski definition) is 1. The molecule has 0 spiro atoms. The molecule has 0 aliphatic carbocycles. The number of hydrogen-bond acceptors (Lipinski definition) is 2. The third-order valence-electron chi connectivity index (χ3n) is 2.61. The first kappa shape index (κ1) is 11.9. The fourth-order valence-corrected chi connectivity index (χ4v) is 1.59. The van der Waals surface area contributed by atoms with Gasteiger partial charge in [-0.25, -0.2) is 0 Å². The minimum Gasteiger partial charge on any atom is -0.410 e. The highest BCUT2D eigenvalue weighted by Gasteiger charge is 1.99. The molecule has 0 heterocycles. The Kier molecular flexibility index (Phi) is 3.78. The molecule has 18 heavy (non-hydrogen) atoms. The lowest BCUT2D eigenvalue weighted by Crippen LogP contribution is -1.97. The van der Waals surface area contributed by atoms with Crippen LogP contribution in [0.1, 0.15) is 16.7 Å². The van der Waals surface area contributed by atoms with Crippen molar-refractivity contribution >= 4 is 5.71 Å². The van der Waals surface area contributed by atoms with Crippen molar-refractivity contribution in [1.29, 1.82) is 0 Å². The molecular formula is C16H13NO. The zero-order chi connectivity index (χ0) is 12.8. The van der Waals surface area contributed by atoms with E-state index in [-0.39, 0.29) is 0 Å². The van der Waals surface area contributed by atoms with Gasteiger partial charge < -0.3 is 5.21 Å². The fourth-order valence-electron chi connectivity index (χ4n) is 1.59. The van der Waals surface area contributed by atoms with E-state index in [1.807, 2.05) is 61.5 Å². The Bertz CT molecular complexity index is 618. The predicted molar refractivity (Wildman–Crippen MR) is 72.8 cm³/mol. The first-order chi connectivity index (χ1) is 8.81. The van der Waals surface area contributed by atoms with Crippen LogP contribution in [0.2, 0.25) is 0 Å². The Morgan fingerprint density at radius 3 is 2.33 bits per heavy atom. The van der Waals surface area contributed by atoms with Gasteiger partial charge in [-0.15, -0.1) is 0 Å². The third-order valence-corrected chi connectivity index (χ3v) is 2.61. The molecule has 0 amide bonds. The summed E-state index contributed by atoms with van der Waals surface area (Å²) in [6, 6.07) is 17.3. The van der Waals surface area contributed by atoms with Gasteiger partial charge in [-0.2, -0.15) is 0 Å². The highest BCUT2D eigenvalue weighted by atomic mass is 16.4. The smallest absolute Gasteiger partial charge is 0.159 e. The van der Waals surface area contributed by atoms with Crippen molar-refractivity contribution in [3.63, 3.8) is 0 Å². The Morgan fingerprint density at radius 1 is 1.00 bits per heavy atom. The van der Waals surface area contributed by atoms with Crippen LogP contribution in [0.25, 0.3) is 0 Å². The van der Waals surface area contributed by atoms with Crippen molar-refractivity contribution in [3.8, 4) is 11.8 Å². The standard InChI is InChI=1S/C16H13NO/c1-13-7-5-6-8-14(13)11-12-16(17-18)15-9-3-2-4-10-15/h2-10,18H,1H3/b17-16-. The monoisotopic (exact) mass is 235 g/mol. The maximum atomic E-state index is 9.01. The van der Waals surface area contributed by atoms with Crippen molar-refractivity contribution in [2.24, 2.45) is 5.16 Å². The minimum absolute atomic E-state index is 0.374. The first-order valence-electron chi connectivity index (χ1n) is 5.66. The van der Waals surface area contributed by atoms with Crippen LogP contribution in [0.4, 0.5) is 0 Å². The molecule has 0 saturated carbocycles. The lowest BCUT2D eigenvalue weighted by atomic mass is 10.1. The number of nitrogens with zero attached hydrogens (tertiary/aromatic N) is 1. The molecule has 2 heteroatoms. The summed E-state index contributed by atoms with van der Waals surface area (Å²) < 4.78 is 0. The summed E-state index contributed by atoms with van der Waals surface area (Å²) >= 11 is 0. The normalized spacial score (nSPS) is 10.6. The summed E-state index contributed by atoms with van der Waals surface area (Å²) in [4.78, 5) is 0. The Labute approximate surface area is 107 Å². The Hall–Kier alpha value is -2.53. The van der Waals surface area contributed by atoms with Crippen LogP contribution in [0.5, 0.6) is 0 Å². The molecule has 0 atom stereocenters.